The van der Waals surface area contributed by atoms with E-state index in [9.17, 15) is 9.59 Å². The predicted octanol–water partition coefficient (Wildman–Crippen LogP) is 3.36. The number of allylic oxidation sites excluding steroid dienone is 1. The first kappa shape index (κ1) is 19.1. The number of halogens is 1. The molecule has 2 amide bonds. The third-order valence-electron chi connectivity index (χ3n) is 4.44. The molecule has 3 rings (SSSR count). The molecule has 27 heavy (non-hydrogen) atoms. The van der Waals surface area contributed by atoms with Gasteiger partial charge in [0.1, 0.15) is 5.70 Å². The quantitative estimate of drug-likeness (QED) is 0.822. The first-order valence-electron chi connectivity index (χ1n) is 8.76. The zero-order valence-corrected chi connectivity index (χ0v) is 15.8. The van der Waals surface area contributed by atoms with Gasteiger partial charge in [-0.15, -0.1) is 0 Å². The van der Waals surface area contributed by atoms with Crippen molar-refractivity contribution in [3.63, 3.8) is 0 Å². The summed E-state index contributed by atoms with van der Waals surface area (Å²) in [5, 5.41) is 3.43. The molecule has 0 unspecified atom stereocenters. The highest BCUT2D eigenvalue weighted by atomic mass is 35.5. The van der Waals surface area contributed by atoms with E-state index < -0.39 is 0 Å². The Bertz CT molecular complexity index is 841. The second-order valence-electron chi connectivity index (χ2n) is 6.23. The van der Waals surface area contributed by atoms with Crippen molar-refractivity contribution in [2.75, 3.05) is 26.3 Å². The van der Waals surface area contributed by atoms with Gasteiger partial charge in [-0.3, -0.25) is 9.59 Å². The summed E-state index contributed by atoms with van der Waals surface area (Å²) in [7, 11) is 0. The van der Waals surface area contributed by atoms with E-state index in [2.05, 4.69) is 5.32 Å². The lowest BCUT2D eigenvalue weighted by Gasteiger charge is -2.28. The smallest absolute Gasteiger partial charge is 0.270 e. The summed E-state index contributed by atoms with van der Waals surface area (Å²) in [5.74, 6) is -0.532. The van der Waals surface area contributed by atoms with Gasteiger partial charge in [0.15, 0.2) is 0 Å². The lowest BCUT2D eigenvalue weighted by molar-refractivity contribution is -0.131. The topological polar surface area (TPSA) is 58.6 Å². The van der Waals surface area contributed by atoms with Crippen molar-refractivity contribution in [2.24, 2.45) is 0 Å². The molecule has 1 fully saturated rings. The number of carbonyl (C=O) groups excluding carboxylic acids is 2. The Kier molecular flexibility index (Phi) is 6.27. The molecule has 2 aromatic rings. The van der Waals surface area contributed by atoms with Crippen LogP contribution in [0.4, 0.5) is 0 Å². The third kappa shape index (κ3) is 4.76. The Balaban J connectivity index is 1.94. The van der Waals surface area contributed by atoms with E-state index in [1.54, 1.807) is 41.3 Å². The fourth-order valence-corrected chi connectivity index (χ4v) is 2.98. The largest absolute Gasteiger partial charge is 0.378 e. The Hall–Kier alpha value is -2.63. The Morgan fingerprint density at radius 2 is 1.59 bits per heavy atom. The molecule has 1 heterocycles. The van der Waals surface area contributed by atoms with Crippen molar-refractivity contribution in [1.82, 2.24) is 10.2 Å². The van der Waals surface area contributed by atoms with E-state index in [1.165, 1.54) is 0 Å². The van der Waals surface area contributed by atoms with Crippen LogP contribution in [-0.2, 0) is 9.53 Å². The Morgan fingerprint density at radius 3 is 2.22 bits per heavy atom. The summed E-state index contributed by atoms with van der Waals surface area (Å²) in [5.41, 5.74) is 2.28. The van der Waals surface area contributed by atoms with Gasteiger partial charge in [-0.1, -0.05) is 41.9 Å². The monoisotopic (exact) mass is 384 g/mol. The normalized spacial score (nSPS) is 15.1. The van der Waals surface area contributed by atoms with Crippen LogP contribution in [0.5, 0.6) is 0 Å². The van der Waals surface area contributed by atoms with Gasteiger partial charge < -0.3 is 15.0 Å². The molecule has 140 valence electrons. The number of benzene rings is 2. The highest BCUT2D eigenvalue weighted by Gasteiger charge is 2.24. The zero-order valence-electron chi connectivity index (χ0n) is 15.1. The van der Waals surface area contributed by atoms with Gasteiger partial charge >= 0.3 is 0 Å². The molecule has 1 aliphatic rings. The molecule has 0 spiro atoms. The molecule has 0 aromatic heterocycles. The molecule has 0 atom stereocenters. The number of morpholine rings is 1. The summed E-state index contributed by atoms with van der Waals surface area (Å²) in [4.78, 5) is 27.5. The van der Waals surface area contributed by atoms with Gasteiger partial charge in [0.2, 0.25) is 0 Å². The molecule has 0 bridgehead atoms. The molecule has 1 aliphatic heterocycles. The predicted molar refractivity (Wildman–Crippen MR) is 105 cm³/mol. The second-order valence-corrected chi connectivity index (χ2v) is 6.67. The number of nitrogens with zero attached hydrogens (tertiary/aromatic N) is 1. The maximum atomic E-state index is 13.1. The maximum absolute atomic E-state index is 13.1. The van der Waals surface area contributed by atoms with Gasteiger partial charge in [0.25, 0.3) is 11.8 Å². The lowest BCUT2D eigenvalue weighted by atomic mass is 10.0. The summed E-state index contributed by atoms with van der Waals surface area (Å²) in [6.07, 6.45) is 0. The van der Waals surface area contributed by atoms with Crippen LogP contribution >= 0.6 is 11.6 Å². The van der Waals surface area contributed by atoms with Crippen LogP contribution in [-0.4, -0.2) is 43.0 Å². The number of nitrogens with one attached hydrogen (secondary N) is 1. The van der Waals surface area contributed by atoms with Crippen molar-refractivity contribution >= 4 is 29.0 Å². The lowest BCUT2D eigenvalue weighted by Crippen LogP contribution is -2.44. The number of carbonyl (C=O) groups is 2. The number of ether oxygens (including phenoxy) is 1. The average molecular weight is 385 g/mol. The van der Waals surface area contributed by atoms with Crippen molar-refractivity contribution in [3.8, 4) is 0 Å². The maximum Gasteiger partial charge on any atom is 0.270 e. The number of hydrogen-bond acceptors (Lipinski definition) is 3. The fourth-order valence-electron chi connectivity index (χ4n) is 2.85. The fraction of sp³-hybridized carbons (Fsp3) is 0.238. The van der Waals surface area contributed by atoms with E-state index in [4.69, 9.17) is 16.3 Å². The van der Waals surface area contributed by atoms with Gasteiger partial charge in [-0.05, 0) is 42.3 Å². The van der Waals surface area contributed by atoms with Gasteiger partial charge in [0.05, 0.1) is 13.2 Å². The van der Waals surface area contributed by atoms with Crippen LogP contribution in [0.3, 0.4) is 0 Å². The number of amides is 2. The zero-order chi connectivity index (χ0) is 19.2. The Labute approximate surface area is 163 Å². The molecule has 1 N–H and O–H groups in total. The first-order valence-corrected chi connectivity index (χ1v) is 9.14. The van der Waals surface area contributed by atoms with Crippen LogP contribution < -0.4 is 5.32 Å². The molecule has 2 aromatic carbocycles. The molecule has 6 heteroatoms. The van der Waals surface area contributed by atoms with E-state index >= 15 is 0 Å². The van der Waals surface area contributed by atoms with Crippen molar-refractivity contribution in [3.05, 3.63) is 76.4 Å². The summed E-state index contributed by atoms with van der Waals surface area (Å²) < 4.78 is 5.33. The van der Waals surface area contributed by atoms with Gasteiger partial charge in [0, 0.05) is 23.7 Å². The molecular formula is C21H21ClN2O3. The van der Waals surface area contributed by atoms with Crippen LogP contribution in [0.15, 0.2) is 60.3 Å². The highest BCUT2D eigenvalue weighted by molar-refractivity contribution is 6.30. The highest BCUT2D eigenvalue weighted by Crippen LogP contribution is 2.21. The van der Waals surface area contributed by atoms with E-state index in [1.807, 2.05) is 25.1 Å². The summed E-state index contributed by atoms with van der Waals surface area (Å²) in [6, 6.07) is 16.0. The van der Waals surface area contributed by atoms with Crippen LogP contribution in [0.2, 0.25) is 5.02 Å². The summed E-state index contributed by atoms with van der Waals surface area (Å²) >= 11 is 5.97. The molecular weight excluding hydrogens is 364 g/mol. The van der Waals surface area contributed by atoms with E-state index in [0.717, 1.165) is 5.56 Å². The minimum Gasteiger partial charge on any atom is -0.378 e. The van der Waals surface area contributed by atoms with Crippen molar-refractivity contribution in [1.29, 1.82) is 0 Å². The standard InChI is InChI=1S/C21H21ClN2O3/c1-15(16-7-9-18(22)10-8-16)19(21(26)24-11-13-27-14-12-24)23-20(25)17-5-3-2-4-6-17/h2-10H,11-14H2,1H3,(H,23,25)/b19-15-. The SMILES string of the molecule is C/C(=C(/NC(=O)c1ccccc1)C(=O)N1CCOCC1)c1ccc(Cl)cc1. The molecule has 0 aliphatic carbocycles. The van der Waals surface area contributed by atoms with E-state index in [0.29, 0.717) is 42.5 Å². The number of hydrogen-bond donors (Lipinski definition) is 1. The van der Waals surface area contributed by atoms with Crippen molar-refractivity contribution in [2.45, 2.75) is 6.92 Å². The second kappa shape index (κ2) is 8.84. The average Bonchev–Trinajstić information content (AvgIpc) is 2.72. The van der Waals surface area contributed by atoms with Crippen LogP contribution in [0.25, 0.3) is 5.57 Å². The first-order chi connectivity index (χ1) is 13.1. The number of rotatable bonds is 4. The van der Waals surface area contributed by atoms with Gasteiger partial charge in [-0.25, -0.2) is 0 Å². The van der Waals surface area contributed by atoms with Crippen LogP contribution in [0.1, 0.15) is 22.8 Å². The third-order valence-corrected chi connectivity index (χ3v) is 4.69. The Morgan fingerprint density at radius 1 is 0.963 bits per heavy atom. The summed E-state index contributed by atoms with van der Waals surface area (Å²) in [6.45, 7) is 3.80. The molecule has 5 nitrogen and oxygen atoms in total. The molecule has 0 saturated carbocycles. The van der Waals surface area contributed by atoms with Gasteiger partial charge in [-0.2, -0.15) is 0 Å². The molecule has 0 radical (unpaired) electrons. The van der Waals surface area contributed by atoms with E-state index in [-0.39, 0.29) is 17.5 Å². The van der Waals surface area contributed by atoms with Crippen LogP contribution in [0, 0.1) is 0 Å². The minimum atomic E-state index is -0.319. The minimum absolute atomic E-state index is 0.213. The molecule has 1 saturated heterocycles. The van der Waals surface area contributed by atoms with Crippen molar-refractivity contribution < 1.29 is 14.3 Å².